The Morgan fingerprint density at radius 3 is 2.18 bits per heavy atom. The first-order valence-corrected chi connectivity index (χ1v) is 9.78. The second-order valence-corrected chi connectivity index (χ2v) is 7.79. The molecule has 3 heterocycles. The van der Waals surface area contributed by atoms with Crippen LogP contribution in [0.4, 0.5) is 5.69 Å². The van der Waals surface area contributed by atoms with Gasteiger partial charge in [-0.2, -0.15) is 0 Å². The number of benzene rings is 2. The van der Waals surface area contributed by atoms with Gasteiger partial charge in [-0.25, -0.2) is 14.9 Å². The first-order valence-electron chi connectivity index (χ1n) is 9.40. The molecular weight excluding hydrogens is 378 g/mol. The van der Waals surface area contributed by atoms with E-state index in [4.69, 9.17) is 16.3 Å². The number of hydrogen-bond donors (Lipinski definition) is 0. The SMILES string of the molecule is COc1ccc(N2C(=O)[C@H]3[C@@H](c4ccc(Cl)cc4)N4CCCN4[C@H]3C2=O)cc1. The highest BCUT2D eigenvalue weighted by molar-refractivity contribution is 6.30. The Morgan fingerprint density at radius 1 is 0.893 bits per heavy atom. The Balaban J connectivity index is 1.55. The fraction of sp³-hybridized carbons (Fsp3) is 0.333. The van der Waals surface area contributed by atoms with E-state index in [0.29, 0.717) is 16.5 Å². The van der Waals surface area contributed by atoms with Crippen molar-refractivity contribution in [3.8, 4) is 5.75 Å². The average molecular weight is 398 g/mol. The summed E-state index contributed by atoms with van der Waals surface area (Å²) in [6.45, 7) is 1.64. The molecule has 0 bridgehead atoms. The van der Waals surface area contributed by atoms with Gasteiger partial charge in [0.25, 0.3) is 5.91 Å². The van der Waals surface area contributed by atoms with Gasteiger partial charge in [0, 0.05) is 18.1 Å². The van der Waals surface area contributed by atoms with E-state index in [1.807, 2.05) is 24.3 Å². The van der Waals surface area contributed by atoms with Crippen LogP contribution >= 0.6 is 11.6 Å². The minimum absolute atomic E-state index is 0.144. The number of imide groups is 1. The molecular formula is C21H20ClN3O3. The smallest absolute Gasteiger partial charge is 0.253 e. The van der Waals surface area contributed by atoms with Gasteiger partial charge < -0.3 is 4.74 Å². The van der Waals surface area contributed by atoms with Crippen LogP contribution in [-0.4, -0.2) is 48.1 Å². The normalized spacial score (nSPS) is 27.4. The predicted molar refractivity (Wildman–Crippen MR) is 105 cm³/mol. The minimum Gasteiger partial charge on any atom is -0.497 e. The molecule has 0 unspecified atom stereocenters. The summed E-state index contributed by atoms with van der Waals surface area (Å²) in [7, 11) is 1.59. The monoisotopic (exact) mass is 397 g/mol. The van der Waals surface area contributed by atoms with Crippen molar-refractivity contribution in [3.63, 3.8) is 0 Å². The van der Waals surface area contributed by atoms with Crippen LogP contribution in [0, 0.1) is 5.92 Å². The van der Waals surface area contributed by atoms with E-state index in [0.717, 1.165) is 25.1 Å². The number of ether oxygens (including phenoxy) is 1. The number of hydrazine groups is 1. The summed E-state index contributed by atoms with van der Waals surface area (Å²) in [6, 6.07) is 14.1. The highest BCUT2D eigenvalue weighted by Crippen LogP contribution is 2.49. The van der Waals surface area contributed by atoms with Crippen molar-refractivity contribution in [2.24, 2.45) is 5.92 Å². The first kappa shape index (κ1) is 17.7. The lowest BCUT2D eigenvalue weighted by Crippen LogP contribution is -2.44. The van der Waals surface area contributed by atoms with Gasteiger partial charge in [-0.15, -0.1) is 0 Å². The summed E-state index contributed by atoms with van der Waals surface area (Å²) in [5.74, 6) is -0.0260. The number of methoxy groups -OCH3 is 1. The number of hydrogen-bond acceptors (Lipinski definition) is 5. The Hall–Kier alpha value is -2.41. The van der Waals surface area contributed by atoms with Gasteiger partial charge >= 0.3 is 0 Å². The van der Waals surface area contributed by atoms with Gasteiger partial charge in [-0.3, -0.25) is 9.59 Å². The first-order chi connectivity index (χ1) is 13.6. The summed E-state index contributed by atoms with van der Waals surface area (Å²) in [6.07, 6.45) is 0.983. The zero-order valence-corrected chi connectivity index (χ0v) is 16.2. The highest BCUT2D eigenvalue weighted by atomic mass is 35.5. The molecule has 0 spiro atoms. The molecule has 3 atom stereocenters. The van der Waals surface area contributed by atoms with Crippen LogP contribution in [0.5, 0.6) is 5.75 Å². The zero-order chi connectivity index (χ0) is 19.4. The lowest BCUT2D eigenvalue weighted by atomic mass is 9.90. The number of anilines is 1. The van der Waals surface area contributed by atoms with Crippen LogP contribution in [0.25, 0.3) is 0 Å². The summed E-state index contributed by atoms with van der Waals surface area (Å²) < 4.78 is 5.19. The minimum atomic E-state index is -0.447. The largest absolute Gasteiger partial charge is 0.497 e. The molecule has 7 heteroatoms. The van der Waals surface area contributed by atoms with Crippen molar-refractivity contribution >= 4 is 29.1 Å². The third-order valence-corrected chi connectivity index (χ3v) is 6.20. The summed E-state index contributed by atoms with van der Waals surface area (Å²) in [5, 5.41) is 4.94. The van der Waals surface area contributed by atoms with Crippen molar-refractivity contribution in [2.75, 3.05) is 25.1 Å². The van der Waals surface area contributed by atoms with Gasteiger partial charge in [0.1, 0.15) is 11.8 Å². The molecule has 3 aliphatic heterocycles. The van der Waals surface area contributed by atoms with E-state index < -0.39 is 12.0 Å². The number of amides is 2. The molecule has 0 radical (unpaired) electrons. The van der Waals surface area contributed by atoms with Gasteiger partial charge in [0.2, 0.25) is 5.91 Å². The number of halogens is 1. The third kappa shape index (κ3) is 2.49. The summed E-state index contributed by atoms with van der Waals surface area (Å²) >= 11 is 6.06. The molecule has 144 valence electrons. The fourth-order valence-corrected chi connectivity index (χ4v) is 4.89. The lowest BCUT2D eigenvalue weighted by Gasteiger charge is -2.29. The summed E-state index contributed by atoms with van der Waals surface area (Å²) in [5.41, 5.74) is 1.60. The topological polar surface area (TPSA) is 53.1 Å². The molecule has 2 amide bonds. The van der Waals surface area contributed by atoms with Crippen LogP contribution in [0.2, 0.25) is 5.02 Å². The number of carbonyl (C=O) groups excluding carboxylic acids is 2. The molecule has 5 rings (SSSR count). The van der Waals surface area contributed by atoms with Crippen LogP contribution in [-0.2, 0) is 9.59 Å². The van der Waals surface area contributed by atoms with E-state index >= 15 is 0 Å². The van der Waals surface area contributed by atoms with Crippen LogP contribution in [0.3, 0.4) is 0 Å². The maximum Gasteiger partial charge on any atom is 0.253 e. The fourth-order valence-electron chi connectivity index (χ4n) is 4.76. The number of rotatable bonds is 3. The molecule has 0 saturated carbocycles. The van der Waals surface area contributed by atoms with Gasteiger partial charge in [-0.05, 0) is 48.4 Å². The van der Waals surface area contributed by atoms with Gasteiger partial charge in [-0.1, -0.05) is 23.7 Å². The van der Waals surface area contributed by atoms with Crippen LogP contribution < -0.4 is 9.64 Å². The van der Waals surface area contributed by atoms with Crippen molar-refractivity contribution in [2.45, 2.75) is 18.5 Å². The van der Waals surface area contributed by atoms with E-state index in [1.165, 1.54) is 4.90 Å². The van der Waals surface area contributed by atoms with Crippen molar-refractivity contribution < 1.29 is 14.3 Å². The Kier molecular flexibility index (Phi) is 4.16. The third-order valence-electron chi connectivity index (χ3n) is 5.95. The molecule has 0 aliphatic carbocycles. The van der Waals surface area contributed by atoms with Crippen molar-refractivity contribution in [1.29, 1.82) is 0 Å². The number of carbonyl (C=O) groups is 2. The van der Waals surface area contributed by atoms with E-state index in [1.54, 1.807) is 31.4 Å². The number of nitrogens with zero attached hydrogens (tertiary/aromatic N) is 3. The predicted octanol–water partition coefficient (Wildman–Crippen LogP) is 2.88. The van der Waals surface area contributed by atoms with E-state index in [2.05, 4.69) is 10.0 Å². The van der Waals surface area contributed by atoms with Gasteiger partial charge in [0.15, 0.2) is 0 Å². The van der Waals surface area contributed by atoms with Crippen molar-refractivity contribution in [1.82, 2.24) is 10.0 Å². The molecule has 0 aromatic heterocycles. The molecule has 0 N–H and O–H groups in total. The van der Waals surface area contributed by atoms with Crippen molar-refractivity contribution in [3.05, 3.63) is 59.1 Å². The van der Waals surface area contributed by atoms with Crippen LogP contribution in [0.1, 0.15) is 18.0 Å². The Morgan fingerprint density at radius 2 is 1.54 bits per heavy atom. The maximum absolute atomic E-state index is 13.4. The standard InChI is InChI=1S/C21H20ClN3O3/c1-28-16-9-7-15(8-10-16)25-20(26)17-18(13-3-5-14(22)6-4-13)23-11-2-12-24(23)19(17)21(25)27/h3-10,17-19H,2,11-12H2,1H3/t17-,18+,19+/m0/s1. The van der Waals surface area contributed by atoms with E-state index in [-0.39, 0.29) is 17.9 Å². The molecule has 3 fully saturated rings. The molecule has 6 nitrogen and oxygen atoms in total. The maximum atomic E-state index is 13.4. The molecule has 3 aliphatic rings. The molecule has 28 heavy (non-hydrogen) atoms. The molecule has 2 aromatic carbocycles. The highest BCUT2D eigenvalue weighted by Gasteiger charge is 2.62. The Labute approximate surface area is 168 Å². The second-order valence-electron chi connectivity index (χ2n) is 7.36. The van der Waals surface area contributed by atoms with Crippen LogP contribution in [0.15, 0.2) is 48.5 Å². The number of fused-ring (bicyclic) bond motifs is 3. The van der Waals surface area contributed by atoms with Gasteiger partial charge in [0.05, 0.1) is 24.8 Å². The zero-order valence-electron chi connectivity index (χ0n) is 15.4. The lowest BCUT2D eigenvalue weighted by molar-refractivity contribution is -0.126. The van der Waals surface area contributed by atoms with E-state index in [9.17, 15) is 9.59 Å². The summed E-state index contributed by atoms with van der Waals surface area (Å²) in [4.78, 5) is 28.1. The second kappa shape index (κ2) is 6.58. The molecule has 3 saturated heterocycles. The molecule has 2 aromatic rings. The average Bonchev–Trinajstić information content (AvgIpc) is 3.35. The Bertz CT molecular complexity index is 931. The quantitative estimate of drug-likeness (QED) is 0.745.